The number of nitrogens with one attached hydrogen (secondary N) is 1. The van der Waals surface area contributed by atoms with Gasteiger partial charge in [0, 0.05) is 116 Å². The molecule has 1 aromatic heterocycles. The van der Waals surface area contributed by atoms with E-state index in [9.17, 15) is 53.7 Å². The van der Waals surface area contributed by atoms with E-state index in [2.05, 4.69) is 20.1 Å². The maximum Gasteiger partial charge on any atom is 0.317 e. The van der Waals surface area contributed by atoms with Crippen molar-refractivity contribution in [2.45, 2.75) is 31.5 Å². The predicted molar refractivity (Wildman–Crippen MR) is 229 cm³/mol. The van der Waals surface area contributed by atoms with Gasteiger partial charge < -0.3 is 35.3 Å². The Kier molecular flexibility index (Phi) is 17.5. The highest BCUT2D eigenvalue weighted by Crippen LogP contribution is 2.30. The van der Waals surface area contributed by atoms with E-state index in [1.165, 1.54) is 18.0 Å². The number of amides is 3. The van der Waals surface area contributed by atoms with Gasteiger partial charge in [0.05, 0.1) is 56.4 Å². The standard InChI is InChI=1S/C42H60FN11O9/c1-42(43)23-32(24-44)54(30-42)36(55)25-46-41(63)33-6-7-45-35-5-4-31(22-34(33)35)47(2)8-3-9-48-18-20-53(21-19-48)37(56)26-49-10-12-50(27-38(57)58)14-16-52(29-40(61)62)17-15-51(13-11-49)28-39(59)60/h4-7,22,32H,3,8-21,23,25-30H2,1-2H3,(H,46,63)(H,57,58)(H,59,60)(H,61,62)/t32-,42?/m0/s1. The number of hydrogen-bond acceptors (Lipinski definition) is 14. The topological polar surface area (TPSA) is 238 Å². The van der Waals surface area contributed by atoms with E-state index in [4.69, 9.17) is 0 Å². The lowest BCUT2D eigenvalue weighted by Gasteiger charge is -2.37. The molecule has 0 aliphatic carbocycles. The van der Waals surface area contributed by atoms with Crippen LogP contribution in [0.5, 0.6) is 0 Å². The van der Waals surface area contributed by atoms with Crippen LogP contribution in [0.1, 0.15) is 30.1 Å². The quantitative estimate of drug-likeness (QED) is 0.163. The molecule has 21 heteroatoms. The SMILES string of the molecule is CN(CCCN1CCN(C(=O)CN2CCN(CC(=O)O)CCN(CC(=O)O)CCN(CC(=O)O)CC2)CC1)c1ccc2nccc(C(=O)NCC(=O)N3CC(C)(F)C[C@H]3C#N)c2c1. The minimum atomic E-state index is -1.66. The summed E-state index contributed by atoms with van der Waals surface area (Å²) >= 11 is 0. The second kappa shape index (κ2) is 22.7. The van der Waals surface area contributed by atoms with Gasteiger partial charge in [-0.25, -0.2) is 4.39 Å². The number of carbonyl (C=O) groups excluding carboxylic acids is 3. The van der Waals surface area contributed by atoms with Crippen LogP contribution in [0.3, 0.4) is 0 Å². The molecule has 2 atom stereocenters. The van der Waals surface area contributed by atoms with Crippen molar-refractivity contribution >= 4 is 52.2 Å². The van der Waals surface area contributed by atoms with Gasteiger partial charge in [0.2, 0.25) is 11.8 Å². The first-order chi connectivity index (χ1) is 30.0. The Bertz CT molecular complexity index is 1960. The fourth-order valence-corrected chi connectivity index (χ4v) is 8.30. The molecule has 63 heavy (non-hydrogen) atoms. The highest BCUT2D eigenvalue weighted by Gasteiger charge is 2.43. The third-order valence-corrected chi connectivity index (χ3v) is 11.8. The van der Waals surface area contributed by atoms with E-state index in [1.807, 2.05) is 41.1 Å². The lowest BCUT2D eigenvalue weighted by molar-refractivity contribution is -0.141. The minimum Gasteiger partial charge on any atom is -0.480 e. The van der Waals surface area contributed by atoms with Crippen LogP contribution in [0.15, 0.2) is 30.5 Å². The molecule has 0 radical (unpaired) electrons. The molecule has 20 nitrogen and oxygen atoms in total. The normalized spacial score (nSPS) is 21.6. The van der Waals surface area contributed by atoms with Gasteiger partial charge >= 0.3 is 17.9 Å². The Labute approximate surface area is 366 Å². The number of alkyl halides is 1. The van der Waals surface area contributed by atoms with Gasteiger partial charge in [-0.15, -0.1) is 0 Å². The van der Waals surface area contributed by atoms with E-state index < -0.39 is 41.4 Å². The molecule has 3 saturated heterocycles. The zero-order valence-corrected chi connectivity index (χ0v) is 36.2. The smallest absolute Gasteiger partial charge is 0.317 e. The number of nitriles is 1. The number of aromatic nitrogens is 1. The summed E-state index contributed by atoms with van der Waals surface area (Å²) in [7, 11) is 1.96. The van der Waals surface area contributed by atoms with Crippen LogP contribution in [0.25, 0.3) is 10.9 Å². The van der Waals surface area contributed by atoms with E-state index in [-0.39, 0.29) is 51.6 Å². The van der Waals surface area contributed by atoms with Crippen molar-refractivity contribution in [3.8, 4) is 6.07 Å². The molecule has 1 unspecified atom stereocenters. The number of benzene rings is 1. The summed E-state index contributed by atoms with van der Waals surface area (Å²) in [4.78, 5) is 93.4. The number of aliphatic carboxylic acids is 3. The van der Waals surface area contributed by atoms with Crippen LogP contribution >= 0.6 is 0 Å². The van der Waals surface area contributed by atoms with Crippen molar-refractivity contribution in [2.24, 2.45) is 0 Å². The van der Waals surface area contributed by atoms with Crippen molar-refractivity contribution in [1.82, 2.24) is 44.6 Å². The van der Waals surface area contributed by atoms with Crippen LogP contribution in [-0.4, -0.2) is 240 Å². The molecule has 0 spiro atoms. The number of pyridine rings is 1. The number of carboxylic acids is 3. The summed E-state index contributed by atoms with van der Waals surface area (Å²) in [5.74, 6) is -4.11. The van der Waals surface area contributed by atoms with E-state index in [0.717, 1.165) is 18.7 Å². The number of halogens is 1. The van der Waals surface area contributed by atoms with Gasteiger partial charge in [0.15, 0.2) is 0 Å². The molecule has 0 saturated carbocycles. The maximum atomic E-state index is 14.5. The first kappa shape index (κ1) is 48.5. The Morgan fingerprint density at radius 1 is 0.794 bits per heavy atom. The molecule has 5 rings (SSSR count). The number of piperazine rings is 1. The van der Waals surface area contributed by atoms with Crippen LogP contribution in [0.4, 0.5) is 10.1 Å². The molecule has 1 aromatic carbocycles. The summed E-state index contributed by atoms with van der Waals surface area (Å²) < 4.78 is 14.5. The van der Waals surface area contributed by atoms with Gasteiger partial charge in [-0.1, -0.05) is 0 Å². The van der Waals surface area contributed by atoms with Crippen LogP contribution in [-0.2, 0) is 24.0 Å². The van der Waals surface area contributed by atoms with Crippen LogP contribution in [0, 0.1) is 11.3 Å². The largest absolute Gasteiger partial charge is 0.480 e. The number of carbonyl (C=O) groups is 6. The van der Waals surface area contributed by atoms with Crippen molar-refractivity contribution in [3.63, 3.8) is 0 Å². The molecule has 0 bridgehead atoms. The Balaban J connectivity index is 1.10. The van der Waals surface area contributed by atoms with Crippen LogP contribution < -0.4 is 10.2 Å². The van der Waals surface area contributed by atoms with Crippen LogP contribution in [0.2, 0.25) is 0 Å². The molecule has 3 amide bonds. The summed E-state index contributed by atoms with van der Waals surface area (Å²) in [5, 5.41) is 41.1. The zero-order valence-electron chi connectivity index (χ0n) is 36.2. The summed E-state index contributed by atoms with van der Waals surface area (Å²) in [5.41, 5.74) is 0.137. The van der Waals surface area contributed by atoms with Gasteiger partial charge in [-0.05, 0) is 44.2 Å². The second-order valence-electron chi connectivity index (χ2n) is 16.8. The summed E-state index contributed by atoms with van der Waals surface area (Å²) in [6.07, 6.45) is 2.27. The first-order valence-electron chi connectivity index (χ1n) is 21.3. The Morgan fingerprint density at radius 3 is 1.84 bits per heavy atom. The summed E-state index contributed by atoms with van der Waals surface area (Å²) in [6.45, 7) is 6.74. The summed E-state index contributed by atoms with van der Waals surface area (Å²) in [6, 6.07) is 8.30. The number of hydrogen-bond donors (Lipinski definition) is 4. The molecular formula is C42H60FN11O9. The molecule has 2 aromatic rings. The molecule has 3 aliphatic heterocycles. The Morgan fingerprint density at radius 2 is 1.32 bits per heavy atom. The lowest BCUT2D eigenvalue weighted by atomic mass is 10.1. The van der Waals surface area contributed by atoms with Gasteiger partial charge in [-0.3, -0.25) is 58.3 Å². The number of carboxylic acid groups (broad SMARTS) is 3. The minimum absolute atomic E-state index is 0.0577. The molecule has 3 aliphatic rings. The zero-order chi connectivity index (χ0) is 45.7. The first-order valence-corrected chi connectivity index (χ1v) is 21.3. The van der Waals surface area contributed by atoms with Gasteiger partial charge in [-0.2, -0.15) is 5.26 Å². The fourth-order valence-electron chi connectivity index (χ4n) is 8.30. The highest BCUT2D eigenvalue weighted by molar-refractivity contribution is 6.07. The van der Waals surface area contributed by atoms with E-state index >= 15 is 0 Å². The number of rotatable bonds is 16. The molecule has 4 heterocycles. The molecule has 344 valence electrons. The Hall–Kier alpha value is -5.53. The van der Waals surface area contributed by atoms with Crippen molar-refractivity contribution in [2.75, 3.05) is 143 Å². The second-order valence-corrected chi connectivity index (χ2v) is 16.8. The maximum absolute atomic E-state index is 14.5. The molecular weight excluding hydrogens is 822 g/mol. The van der Waals surface area contributed by atoms with Gasteiger partial charge in [0.25, 0.3) is 5.91 Å². The number of anilines is 1. The lowest BCUT2D eigenvalue weighted by Crippen LogP contribution is -2.53. The molecule has 4 N–H and O–H groups in total. The van der Waals surface area contributed by atoms with Crippen molar-refractivity contribution < 1.29 is 48.5 Å². The van der Waals surface area contributed by atoms with Gasteiger partial charge in [0.1, 0.15) is 11.7 Å². The van der Waals surface area contributed by atoms with E-state index in [1.54, 1.807) is 20.8 Å². The third kappa shape index (κ3) is 14.8. The average molecular weight is 882 g/mol. The monoisotopic (exact) mass is 881 g/mol. The fraction of sp³-hybridized carbons (Fsp3) is 0.619. The van der Waals surface area contributed by atoms with Crippen molar-refractivity contribution in [1.29, 1.82) is 5.26 Å². The number of fused-ring (bicyclic) bond motifs is 1. The average Bonchev–Trinajstić information content (AvgIpc) is 3.57. The third-order valence-electron chi connectivity index (χ3n) is 11.8. The molecule has 3 fully saturated rings. The number of nitrogens with zero attached hydrogens (tertiary/aromatic N) is 10. The predicted octanol–water partition coefficient (Wildman–Crippen LogP) is -0.737. The number of likely N-dealkylation sites (tertiary alicyclic amines) is 1. The van der Waals surface area contributed by atoms with Crippen molar-refractivity contribution in [3.05, 3.63) is 36.0 Å². The highest BCUT2D eigenvalue weighted by atomic mass is 19.1. The van der Waals surface area contributed by atoms with E-state index in [0.29, 0.717) is 102 Å².